The maximum Gasteiger partial charge on any atom is -0.0178 e. The summed E-state index contributed by atoms with van der Waals surface area (Å²) in [6.07, 6.45) is 6.48. The van der Waals surface area contributed by atoms with Gasteiger partial charge in [0.1, 0.15) is 0 Å². The first-order chi connectivity index (χ1) is 14.7. The molecule has 0 amide bonds. The van der Waals surface area contributed by atoms with E-state index >= 15 is 0 Å². The highest BCUT2D eigenvalue weighted by molar-refractivity contribution is 5.75. The molecule has 0 heteroatoms. The van der Waals surface area contributed by atoms with Gasteiger partial charge in [0, 0.05) is 0 Å². The summed E-state index contributed by atoms with van der Waals surface area (Å²) in [6, 6.07) is 36.6. The van der Waals surface area contributed by atoms with Gasteiger partial charge < -0.3 is 0 Å². The Labute approximate surface area is 179 Å². The molecular formula is C30H26. The minimum atomic E-state index is 1.20. The first-order valence-electron chi connectivity index (χ1n) is 10.4. The molecule has 0 saturated carbocycles. The number of hydrogen-bond donors (Lipinski definition) is 0. The van der Waals surface area contributed by atoms with Crippen molar-refractivity contribution in [2.45, 2.75) is 13.8 Å². The van der Waals surface area contributed by atoms with Gasteiger partial charge in [0.05, 0.1) is 0 Å². The molecule has 0 N–H and O–H groups in total. The lowest BCUT2D eigenvalue weighted by Crippen LogP contribution is -1.82. The van der Waals surface area contributed by atoms with Gasteiger partial charge in [-0.05, 0) is 64.9 Å². The predicted octanol–water partition coefficient (Wildman–Crippen LogP) is 8.45. The van der Waals surface area contributed by atoms with Crippen molar-refractivity contribution in [3.05, 3.63) is 132 Å². The summed E-state index contributed by atoms with van der Waals surface area (Å²) in [4.78, 5) is 0. The van der Waals surface area contributed by atoms with Crippen LogP contribution in [0.1, 0.15) is 23.6 Å². The second-order valence-corrected chi connectivity index (χ2v) is 7.65. The molecule has 0 aromatic heterocycles. The highest BCUT2D eigenvalue weighted by atomic mass is 14.1. The van der Waals surface area contributed by atoms with E-state index in [1.807, 2.05) is 0 Å². The van der Waals surface area contributed by atoms with Gasteiger partial charge in [-0.25, -0.2) is 0 Å². The molecule has 4 rings (SSSR count). The molecule has 0 saturated heterocycles. The molecule has 0 aliphatic heterocycles. The van der Waals surface area contributed by atoms with Gasteiger partial charge in [-0.2, -0.15) is 0 Å². The Morgan fingerprint density at radius 3 is 2.00 bits per heavy atom. The smallest absolute Gasteiger partial charge is 0.0178 e. The molecule has 0 spiro atoms. The maximum atomic E-state index is 2.26. The van der Waals surface area contributed by atoms with Crippen LogP contribution in [-0.4, -0.2) is 0 Å². The first kappa shape index (κ1) is 19.7. The molecule has 0 fully saturated rings. The van der Waals surface area contributed by atoms with Crippen molar-refractivity contribution in [2.75, 3.05) is 0 Å². The van der Waals surface area contributed by atoms with Crippen LogP contribution in [0.15, 0.2) is 115 Å². The monoisotopic (exact) mass is 386 g/mol. The average molecular weight is 387 g/mol. The van der Waals surface area contributed by atoms with Crippen LogP contribution in [0.2, 0.25) is 0 Å². The highest BCUT2D eigenvalue weighted by Crippen LogP contribution is 2.27. The molecule has 0 heterocycles. The molecule has 0 atom stereocenters. The lowest BCUT2D eigenvalue weighted by molar-refractivity contribution is 1.44. The third kappa shape index (κ3) is 4.85. The lowest BCUT2D eigenvalue weighted by Gasteiger charge is -2.07. The SMILES string of the molecule is CC(=CC=Cc1cccc(-c2cccc(-c3ccccc3)c2)c1)c1cccc(C)c1. The summed E-state index contributed by atoms with van der Waals surface area (Å²) in [6.45, 7) is 4.29. The van der Waals surface area contributed by atoms with Gasteiger partial charge in [0.15, 0.2) is 0 Å². The fourth-order valence-electron chi connectivity index (χ4n) is 3.62. The fourth-order valence-corrected chi connectivity index (χ4v) is 3.62. The van der Waals surface area contributed by atoms with E-state index in [9.17, 15) is 0 Å². The number of rotatable bonds is 5. The summed E-state index contributed by atoms with van der Waals surface area (Å²) in [7, 11) is 0. The third-order valence-electron chi connectivity index (χ3n) is 5.30. The van der Waals surface area contributed by atoms with Crippen molar-refractivity contribution in [1.82, 2.24) is 0 Å². The summed E-state index contributed by atoms with van der Waals surface area (Å²) < 4.78 is 0. The van der Waals surface area contributed by atoms with Gasteiger partial charge >= 0.3 is 0 Å². The zero-order valence-corrected chi connectivity index (χ0v) is 17.5. The zero-order chi connectivity index (χ0) is 20.8. The minimum Gasteiger partial charge on any atom is -0.0622 e. The van der Waals surface area contributed by atoms with Crippen LogP contribution < -0.4 is 0 Å². The van der Waals surface area contributed by atoms with E-state index in [-0.39, 0.29) is 0 Å². The number of allylic oxidation sites excluding steroid dienone is 3. The average Bonchev–Trinajstić information content (AvgIpc) is 2.80. The molecule has 0 unspecified atom stereocenters. The quantitative estimate of drug-likeness (QED) is 0.302. The Kier molecular flexibility index (Phi) is 6.06. The molecule has 0 bridgehead atoms. The van der Waals surface area contributed by atoms with E-state index in [2.05, 4.69) is 135 Å². The number of hydrogen-bond acceptors (Lipinski definition) is 0. The lowest BCUT2D eigenvalue weighted by atomic mass is 9.98. The van der Waals surface area contributed by atoms with E-state index in [4.69, 9.17) is 0 Å². The van der Waals surface area contributed by atoms with Gasteiger partial charge in [0.25, 0.3) is 0 Å². The zero-order valence-electron chi connectivity index (χ0n) is 17.5. The van der Waals surface area contributed by atoms with Crippen molar-refractivity contribution < 1.29 is 0 Å². The van der Waals surface area contributed by atoms with Crippen LogP contribution in [0.5, 0.6) is 0 Å². The van der Waals surface area contributed by atoms with E-state index in [1.54, 1.807) is 0 Å². The van der Waals surface area contributed by atoms with Crippen molar-refractivity contribution in [1.29, 1.82) is 0 Å². The van der Waals surface area contributed by atoms with Crippen LogP contribution in [-0.2, 0) is 0 Å². The fraction of sp³-hybridized carbons (Fsp3) is 0.0667. The Morgan fingerprint density at radius 1 is 0.600 bits per heavy atom. The van der Waals surface area contributed by atoms with Crippen molar-refractivity contribution >= 4 is 11.6 Å². The molecule has 4 aromatic rings. The third-order valence-corrected chi connectivity index (χ3v) is 5.30. The van der Waals surface area contributed by atoms with Crippen LogP contribution in [0, 0.1) is 6.92 Å². The summed E-state index contributed by atoms with van der Waals surface area (Å²) in [5, 5.41) is 0. The topological polar surface area (TPSA) is 0 Å². The summed E-state index contributed by atoms with van der Waals surface area (Å²) >= 11 is 0. The van der Waals surface area contributed by atoms with E-state index in [0.29, 0.717) is 0 Å². The number of benzene rings is 4. The van der Waals surface area contributed by atoms with Gasteiger partial charge in [0.2, 0.25) is 0 Å². The predicted molar refractivity (Wildman–Crippen MR) is 131 cm³/mol. The van der Waals surface area contributed by atoms with Crippen molar-refractivity contribution in [2.24, 2.45) is 0 Å². The maximum absolute atomic E-state index is 2.26. The largest absolute Gasteiger partial charge is 0.0622 e. The van der Waals surface area contributed by atoms with Crippen molar-refractivity contribution in [3.63, 3.8) is 0 Å². The highest BCUT2D eigenvalue weighted by Gasteiger charge is 2.02. The van der Waals surface area contributed by atoms with E-state index in [0.717, 1.165) is 0 Å². The van der Waals surface area contributed by atoms with E-state index in [1.165, 1.54) is 44.5 Å². The number of aryl methyl sites for hydroxylation is 1. The van der Waals surface area contributed by atoms with Crippen LogP contribution in [0.4, 0.5) is 0 Å². The Hall–Kier alpha value is -3.64. The molecule has 0 radical (unpaired) electrons. The van der Waals surface area contributed by atoms with Gasteiger partial charge in [-0.3, -0.25) is 0 Å². The normalized spacial score (nSPS) is 11.7. The molecule has 0 aliphatic rings. The van der Waals surface area contributed by atoms with Gasteiger partial charge in [-0.15, -0.1) is 0 Å². The molecule has 30 heavy (non-hydrogen) atoms. The molecule has 0 aliphatic carbocycles. The summed E-state index contributed by atoms with van der Waals surface area (Å²) in [5.41, 5.74) is 9.97. The second-order valence-electron chi connectivity index (χ2n) is 7.65. The van der Waals surface area contributed by atoms with E-state index < -0.39 is 0 Å². The Morgan fingerprint density at radius 2 is 1.23 bits per heavy atom. The molecular weight excluding hydrogens is 360 g/mol. The van der Waals surface area contributed by atoms with Gasteiger partial charge in [-0.1, -0.05) is 115 Å². The van der Waals surface area contributed by atoms with Crippen LogP contribution >= 0.6 is 0 Å². The Bertz CT molecular complexity index is 1190. The van der Waals surface area contributed by atoms with Crippen LogP contribution in [0.3, 0.4) is 0 Å². The summed E-state index contributed by atoms with van der Waals surface area (Å²) in [5.74, 6) is 0. The standard InChI is InChI=1S/C30H26/c1-23-10-6-16-27(20-23)24(2)11-7-12-25-13-8-17-28(21-25)30-19-9-18-29(22-30)26-14-4-3-5-15-26/h3-22H,1-2H3. The second kappa shape index (κ2) is 9.24. The Balaban J connectivity index is 1.56. The molecule has 0 nitrogen and oxygen atoms in total. The minimum absolute atomic E-state index is 1.20. The van der Waals surface area contributed by atoms with Crippen molar-refractivity contribution in [3.8, 4) is 22.3 Å². The molecule has 4 aromatic carbocycles. The van der Waals surface area contributed by atoms with Crippen LogP contribution in [0.25, 0.3) is 33.9 Å². The first-order valence-corrected chi connectivity index (χ1v) is 10.4. The molecule has 146 valence electrons.